The minimum absolute atomic E-state index is 0.0290. The predicted octanol–water partition coefficient (Wildman–Crippen LogP) is 0.668. The van der Waals surface area contributed by atoms with Crippen molar-refractivity contribution >= 4 is 0 Å². The Kier molecular flexibility index (Phi) is 2.75. The molecular weight excluding hydrogens is 156 g/mol. The van der Waals surface area contributed by atoms with E-state index in [1.807, 2.05) is 20.8 Å². The highest BCUT2D eigenvalue weighted by Crippen LogP contribution is 2.28. The zero-order valence-corrected chi connectivity index (χ0v) is 7.74. The fourth-order valence-corrected chi connectivity index (χ4v) is 1.44. The molecular formula is C9H16O3. The largest absolute Gasteiger partial charge is 0.492 e. The van der Waals surface area contributed by atoms with Gasteiger partial charge in [-0.2, -0.15) is 0 Å². The van der Waals surface area contributed by atoms with Crippen LogP contribution in [0.3, 0.4) is 0 Å². The first-order valence-corrected chi connectivity index (χ1v) is 4.21. The zero-order chi connectivity index (χ0) is 9.30. The highest BCUT2D eigenvalue weighted by molar-refractivity contribution is 5.14. The molecule has 0 aromatic heterocycles. The van der Waals surface area contributed by atoms with Crippen molar-refractivity contribution in [2.45, 2.75) is 33.0 Å². The SMILES string of the molecule is CC1=C(C)C(O)[C@H](C)C(CO)O1. The van der Waals surface area contributed by atoms with Gasteiger partial charge in [0.1, 0.15) is 6.10 Å². The van der Waals surface area contributed by atoms with E-state index in [9.17, 15) is 5.11 Å². The molecule has 0 aromatic rings. The van der Waals surface area contributed by atoms with E-state index in [-0.39, 0.29) is 18.6 Å². The summed E-state index contributed by atoms with van der Waals surface area (Å²) in [4.78, 5) is 0. The van der Waals surface area contributed by atoms with Crippen LogP contribution in [0.15, 0.2) is 11.3 Å². The van der Waals surface area contributed by atoms with Gasteiger partial charge in [0.05, 0.1) is 18.5 Å². The van der Waals surface area contributed by atoms with E-state index in [1.54, 1.807) is 0 Å². The average molecular weight is 172 g/mol. The molecule has 2 N–H and O–H groups in total. The Morgan fingerprint density at radius 1 is 1.42 bits per heavy atom. The van der Waals surface area contributed by atoms with Crippen molar-refractivity contribution in [1.29, 1.82) is 0 Å². The van der Waals surface area contributed by atoms with Gasteiger partial charge in [0.25, 0.3) is 0 Å². The van der Waals surface area contributed by atoms with Crippen molar-refractivity contribution < 1.29 is 14.9 Å². The average Bonchev–Trinajstić information content (AvgIpc) is 2.08. The quantitative estimate of drug-likeness (QED) is 0.611. The maximum absolute atomic E-state index is 9.67. The number of hydrogen-bond donors (Lipinski definition) is 2. The molecule has 3 heteroatoms. The number of allylic oxidation sites excluding steroid dienone is 1. The first kappa shape index (κ1) is 9.55. The minimum atomic E-state index is -0.476. The third-order valence-corrected chi connectivity index (χ3v) is 2.59. The van der Waals surface area contributed by atoms with Crippen LogP contribution in [-0.4, -0.2) is 29.0 Å². The highest BCUT2D eigenvalue weighted by Gasteiger charge is 2.32. The molecule has 0 spiro atoms. The van der Waals surface area contributed by atoms with Gasteiger partial charge in [0, 0.05) is 5.92 Å². The topological polar surface area (TPSA) is 49.7 Å². The standard InChI is InChI=1S/C9H16O3/c1-5-7(3)12-8(4-10)6(2)9(5)11/h6,8-11H,4H2,1-3H3/t6-,8?,9?/m1/s1. The lowest BCUT2D eigenvalue weighted by Gasteiger charge is -2.34. The van der Waals surface area contributed by atoms with E-state index >= 15 is 0 Å². The van der Waals surface area contributed by atoms with E-state index in [2.05, 4.69) is 0 Å². The van der Waals surface area contributed by atoms with Crippen LogP contribution < -0.4 is 0 Å². The van der Waals surface area contributed by atoms with Crippen LogP contribution >= 0.6 is 0 Å². The number of aliphatic hydroxyl groups excluding tert-OH is 2. The Hall–Kier alpha value is -0.540. The maximum atomic E-state index is 9.67. The minimum Gasteiger partial charge on any atom is -0.492 e. The predicted molar refractivity (Wildman–Crippen MR) is 45.5 cm³/mol. The molecule has 1 rings (SSSR count). The van der Waals surface area contributed by atoms with Crippen LogP contribution in [0.2, 0.25) is 0 Å². The summed E-state index contributed by atoms with van der Waals surface area (Å²) in [7, 11) is 0. The van der Waals surface area contributed by atoms with Gasteiger partial charge >= 0.3 is 0 Å². The lowest BCUT2D eigenvalue weighted by atomic mass is 9.90. The summed E-state index contributed by atoms with van der Waals surface area (Å²) < 4.78 is 5.40. The molecule has 0 amide bonds. The molecule has 0 fully saturated rings. The third-order valence-electron chi connectivity index (χ3n) is 2.59. The van der Waals surface area contributed by atoms with Crippen molar-refractivity contribution in [2.24, 2.45) is 5.92 Å². The molecule has 0 aliphatic carbocycles. The molecule has 1 aliphatic rings. The number of ether oxygens (including phenoxy) is 1. The van der Waals surface area contributed by atoms with Crippen molar-refractivity contribution in [1.82, 2.24) is 0 Å². The van der Waals surface area contributed by atoms with Crippen LogP contribution in [0.1, 0.15) is 20.8 Å². The van der Waals surface area contributed by atoms with Gasteiger partial charge in [-0.3, -0.25) is 0 Å². The molecule has 3 nitrogen and oxygen atoms in total. The Balaban J connectivity index is 2.83. The van der Waals surface area contributed by atoms with Gasteiger partial charge in [0.2, 0.25) is 0 Å². The molecule has 70 valence electrons. The summed E-state index contributed by atoms with van der Waals surface area (Å²) in [6, 6.07) is 0. The molecule has 12 heavy (non-hydrogen) atoms. The van der Waals surface area contributed by atoms with Crippen LogP contribution in [0.25, 0.3) is 0 Å². The molecule has 3 atom stereocenters. The Morgan fingerprint density at radius 3 is 2.50 bits per heavy atom. The summed E-state index contributed by atoms with van der Waals surface area (Å²) in [5, 5.41) is 18.6. The van der Waals surface area contributed by atoms with Crippen molar-refractivity contribution in [2.75, 3.05) is 6.61 Å². The van der Waals surface area contributed by atoms with E-state index < -0.39 is 6.10 Å². The monoisotopic (exact) mass is 172 g/mol. The molecule has 2 unspecified atom stereocenters. The molecule has 0 saturated heterocycles. The van der Waals surface area contributed by atoms with Crippen molar-refractivity contribution in [3.63, 3.8) is 0 Å². The first-order valence-electron chi connectivity index (χ1n) is 4.21. The summed E-state index contributed by atoms with van der Waals surface area (Å²) >= 11 is 0. The second-order valence-electron chi connectivity index (χ2n) is 3.38. The van der Waals surface area contributed by atoms with Gasteiger partial charge in [-0.25, -0.2) is 0 Å². The summed E-state index contributed by atoms with van der Waals surface area (Å²) in [6.45, 7) is 5.50. The second-order valence-corrected chi connectivity index (χ2v) is 3.38. The van der Waals surface area contributed by atoms with Crippen molar-refractivity contribution in [3.8, 4) is 0 Å². The molecule has 1 aliphatic heterocycles. The van der Waals surface area contributed by atoms with E-state index in [0.29, 0.717) is 0 Å². The summed E-state index contributed by atoms with van der Waals surface area (Å²) in [6.07, 6.45) is -0.736. The molecule has 0 saturated carbocycles. The second kappa shape index (κ2) is 3.46. The fraction of sp³-hybridized carbons (Fsp3) is 0.778. The van der Waals surface area contributed by atoms with Gasteiger partial charge in [-0.1, -0.05) is 6.92 Å². The first-order chi connectivity index (χ1) is 5.57. The van der Waals surface area contributed by atoms with Gasteiger partial charge in [-0.05, 0) is 19.4 Å². The summed E-state index contributed by atoms with van der Waals surface area (Å²) in [5.74, 6) is 0.707. The Morgan fingerprint density at radius 2 is 2.00 bits per heavy atom. The number of aliphatic hydroxyl groups is 2. The molecule has 1 heterocycles. The number of hydrogen-bond acceptors (Lipinski definition) is 3. The van der Waals surface area contributed by atoms with E-state index in [0.717, 1.165) is 11.3 Å². The maximum Gasteiger partial charge on any atom is 0.126 e. The lowest BCUT2D eigenvalue weighted by molar-refractivity contribution is -0.0392. The van der Waals surface area contributed by atoms with Crippen LogP contribution in [0.5, 0.6) is 0 Å². The fourth-order valence-electron chi connectivity index (χ4n) is 1.44. The van der Waals surface area contributed by atoms with Crippen LogP contribution in [-0.2, 0) is 4.74 Å². The van der Waals surface area contributed by atoms with Gasteiger partial charge in [-0.15, -0.1) is 0 Å². The van der Waals surface area contributed by atoms with Crippen molar-refractivity contribution in [3.05, 3.63) is 11.3 Å². The van der Waals surface area contributed by atoms with E-state index in [4.69, 9.17) is 9.84 Å². The molecule has 0 radical (unpaired) electrons. The van der Waals surface area contributed by atoms with Crippen LogP contribution in [0.4, 0.5) is 0 Å². The molecule has 0 bridgehead atoms. The number of rotatable bonds is 1. The highest BCUT2D eigenvalue weighted by atomic mass is 16.5. The Labute approximate surface area is 72.7 Å². The van der Waals surface area contributed by atoms with E-state index in [1.165, 1.54) is 0 Å². The third kappa shape index (κ3) is 1.47. The van der Waals surface area contributed by atoms with Gasteiger partial charge in [0.15, 0.2) is 0 Å². The zero-order valence-electron chi connectivity index (χ0n) is 7.74. The molecule has 0 aromatic carbocycles. The normalized spacial score (nSPS) is 36.6. The Bertz CT molecular complexity index is 198. The van der Waals surface area contributed by atoms with Gasteiger partial charge < -0.3 is 14.9 Å². The lowest BCUT2D eigenvalue weighted by Crippen LogP contribution is -2.39. The smallest absolute Gasteiger partial charge is 0.126 e. The summed E-state index contributed by atoms with van der Waals surface area (Å²) in [5.41, 5.74) is 0.868. The van der Waals surface area contributed by atoms with Crippen LogP contribution in [0, 0.1) is 5.92 Å².